The molecule has 0 saturated carbocycles. The van der Waals surface area contributed by atoms with E-state index >= 15 is 0 Å². The molecule has 0 amide bonds. The van der Waals surface area contributed by atoms with Gasteiger partial charge in [0.1, 0.15) is 5.82 Å². The molecule has 4 N–H and O–H groups in total. The Kier molecular flexibility index (Phi) is 4.99. The first-order chi connectivity index (χ1) is 9.58. The summed E-state index contributed by atoms with van der Waals surface area (Å²) in [7, 11) is -0.994. The van der Waals surface area contributed by atoms with Crippen molar-refractivity contribution < 1.29 is 9.32 Å². The number of rotatable bonds is 6. The van der Waals surface area contributed by atoms with Crippen molar-refractivity contribution in [2.24, 2.45) is 0 Å². The maximum Gasteiger partial charge on any atom is 0.180 e. The van der Waals surface area contributed by atoms with E-state index in [0.29, 0.717) is 34.8 Å². The van der Waals surface area contributed by atoms with Crippen molar-refractivity contribution in [2.75, 3.05) is 30.5 Å². The molecule has 2 aromatic rings. The Labute approximate surface area is 122 Å². The summed E-state index contributed by atoms with van der Waals surface area (Å²) in [4.78, 5) is 13.4. The molecule has 0 bridgehead atoms. The number of anilines is 2. The first-order valence-electron chi connectivity index (χ1n) is 5.83. The Bertz CT molecular complexity index is 617. The van der Waals surface area contributed by atoms with Gasteiger partial charge in [-0.05, 0) is 0 Å². The van der Waals surface area contributed by atoms with E-state index in [1.54, 1.807) is 18.5 Å². The molecule has 0 fully saturated rings. The fourth-order valence-corrected chi connectivity index (χ4v) is 2.74. The molecule has 2 heterocycles. The second-order valence-electron chi connectivity index (χ2n) is 4.00. The Morgan fingerprint density at radius 1 is 1.50 bits per heavy atom. The number of hydrogen-bond donors (Lipinski definition) is 3. The van der Waals surface area contributed by atoms with E-state index < -0.39 is 10.8 Å². The molecule has 20 heavy (non-hydrogen) atoms. The average molecular weight is 313 g/mol. The van der Waals surface area contributed by atoms with Crippen molar-refractivity contribution >= 4 is 33.1 Å². The third-order valence-electron chi connectivity index (χ3n) is 2.29. The van der Waals surface area contributed by atoms with Gasteiger partial charge < -0.3 is 16.2 Å². The zero-order valence-electron chi connectivity index (χ0n) is 10.9. The number of aromatic nitrogens is 3. The smallest absolute Gasteiger partial charge is 0.180 e. The lowest BCUT2D eigenvalue weighted by atomic mass is 10.4. The van der Waals surface area contributed by atoms with E-state index in [-0.39, 0.29) is 6.61 Å². The molecule has 0 spiro atoms. The van der Waals surface area contributed by atoms with Crippen LogP contribution < -0.4 is 11.1 Å². The molecule has 0 aliphatic carbocycles. The van der Waals surface area contributed by atoms with Crippen LogP contribution in [-0.2, 0) is 16.6 Å². The summed E-state index contributed by atoms with van der Waals surface area (Å²) >= 11 is 1.29. The third-order valence-corrected chi connectivity index (χ3v) is 3.82. The predicted octanol–water partition coefficient (Wildman–Crippen LogP) is 0.465. The Balaban J connectivity index is 2.36. The SMILES string of the molecule is CS(=O)Cc1cc(NCCO)nc(-c2cnc(N)s2)n1. The van der Waals surface area contributed by atoms with Crippen LogP contribution in [0.3, 0.4) is 0 Å². The van der Waals surface area contributed by atoms with Gasteiger partial charge in [-0.2, -0.15) is 0 Å². The first kappa shape index (κ1) is 14.8. The highest BCUT2D eigenvalue weighted by Crippen LogP contribution is 2.25. The third kappa shape index (κ3) is 3.95. The zero-order chi connectivity index (χ0) is 14.5. The molecule has 2 aromatic heterocycles. The quantitative estimate of drug-likeness (QED) is 0.710. The summed E-state index contributed by atoms with van der Waals surface area (Å²) < 4.78 is 11.4. The van der Waals surface area contributed by atoms with Gasteiger partial charge in [-0.1, -0.05) is 11.3 Å². The number of aliphatic hydroxyl groups is 1. The van der Waals surface area contributed by atoms with E-state index in [4.69, 9.17) is 10.8 Å². The normalized spacial score (nSPS) is 12.3. The maximum absolute atomic E-state index is 11.4. The molecule has 0 aromatic carbocycles. The Hall–Kier alpha value is -1.58. The van der Waals surface area contributed by atoms with E-state index in [9.17, 15) is 4.21 Å². The topological polar surface area (TPSA) is 114 Å². The lowest BCUT2D eigenvalue weighted by Gasteiger charge is -2.07. The van der Waals surface area contributed by atoms with Crippen LogP contribution in [0.1, 0.15) is 5.69 Å². The van der Waals surface area contributed by atoms with Crippen LogP contribution in [0.2, 0.25) is 0 Å². The first-order valence-corrected chi connectivity index (χ1v) is 8.37. The summed E-state index contributed by atoms with van der Waals surface area (Å²) in [5.41, 5.74) is 6.28. The van der Waals surface area contributed by atoms with Gasteiger partial charge in [-0.15, -0.1) is 0 Å². The number of hydrogen-bond acceptors (Lipinski definition) is 8. The maximum atomic E-state index is 11.4. The second kappa shape index (κ2) is 6.73. The molecule has 2 rings (SSSR count). The molecule has 1 atom stereocenters. The fourth-order valence-electron chi connectivity index (χ4n) is 1.56. The van der Waals surface area contributed by atoms with Gasteiger partial charge in [0.25, 0.3) is 0 Å². The van der Waals surface area contributed by atoms with E-state index in [1.165, 1.54) is 11.3 Å². The fraction of sp³-hybridized carbons (Fsp3) is 0.364. The van der Waals surface area contributed by atoms with Gasteiger partial charge in [0.05, 0.1) is 29.1 Å². The number of aliphatic hydroxyl groups excluding tert-OH is 1. The largest absolute Gasteiger partial charge is 0.395 e. The van der Waals surface area contributed by atoms with Crippen LogP contribution in [0.5, 0.6) is 0 Å². The molecule has 1 unspecified atom stereocenters. The minimum absolute atomic E-state index is 0.00187. The van der Waals surface area contributed by atoms with Crippen LogP contribution in [0.4, 0.5) is 10.9 Å². The highest BCUT2D eigenvalue weighted by Gasteiger charge is 2.10. The van der Waals surface area contributed by atoms with Crippen molar-refractivity contribution in [2.45, 2.75) is 5.75 Å². The zero-order valence-corrected chi connectivity index (χ0v) is 12.5. The summed E-state index contributed by atoms with van der Waals surface area (Å²) in [6.45, 7) is 0.387. The van der Waals surface area contributed by atoms with Crippen molar-refractivity contribution in [1.29, 1.82) is 0 Å². The standard InChI is InChI=1S/C11H15N5O2S2/c1-20(18)6-7-4-9(13-2-3-17)16-10(15-7)8-5-14-11(12)19-8/h4-5,17H,2-3,6H2,1H3,(H2,12,14)(H,13,15,16). The minimum Gasteiger partial charge on any atom is -0.395 e. The van der Waals surface area contributed by atoms with Crippen molar-refractivity contribution in [3.05, 3.63) is 18.0 Å². The van der Waals surface area contributed by atoms with E-state index in [2.05, 4.69) is 20.3 Å². The van der Waals surface area contributed by atoms with Gasteiger partial charge in [-0.25, -0.2) is 15.0 Å². The van der Waals surface area contributed by atoms with Crippen LogP contribution in [0.25, 0.3) is 10.7 Å². The summed E-state index contributed by atoms with van der Waals surface area (Å²) in [5, 5.41) is 12.3. The molecule has 0 aliphatic rings. The van der Waals surface area contributed by atoms with E-state index in [1.807, 2.05) is 0 Å². The molecule has 0 saturated heterocycles. The van der Waals surface area contributed by atoms with Gasteiger partial charge in [0.15, 0.2) is 11.0 Å². The predicted molar refractivity (Wildman–Crippen MR) is 80.9 cm³/mol. The van der Waals surface area contributed by atoms with Crippen molar-refractivity contribution in [3.8, 4) is 10.7 Å². The van der Waals surface area contributed by atoms with Crippen LogP contribution in [-0.4, -0.2) is 43.7 Å². The number of nitrogens with two attached hydrogens (primary N) is 1. The summed E-state index contributed by atoms with van der Waals surface area (Å²) in [6, 6.07) is 1.73. The van der Waals surface area contributed by atoms with Gasteiger partial charge in [0, 0.05) is 29.7 Å². The lowest BCUT2D eigenvalue weighted by molar-refractivity contribution is 0.311. The Morgan fingerprint density at radius 2 is 2.30 bits per heavy atom. The summed E-state index contributed by atoms with van der Waals surface area (Å²) in [6.07, 6.45) is 3.23. The number of nitrogens with zero attached hydrogens (tertiary/aromatic N) is 3. The molecule has 108 valence electrons. The van der Waals surface area contributed by atoms with Crippen molar-refractivity contribution in [1.82, 2.24) is 15.0 Å². The summed E-state index contributed by atoms with van der Waals surface area (Å²) in [5.74, 6) is 1.41. The molecule has 0 radical (unpaired) electrons. The lowest BCUT2D eigenvalue weighted by Crippen LogP contribution is -2.09. The van der Waals surface area contributed by atoms with Gasteiger partial charge in [-0.3, -0.25) is 4.21 Å². The van der Waals surface area contributed by atoms with Gasteiger partial charge in [0.2, 0.25) is 0 Å². The van der Waals surface area contributed by atoms with E-state index in [0.717, 1.165) is 4.88 Å². The number of nitrogen functional groups attached to an aromatic ring is 1. The highest BCUT2D eigenvalue weighted by atomic mass is 32.2. The molecule has 9 heteroatoms. The van der Waals surface area contributed by atoms with Crippen LogP contribution >= 0.6 is 11.3 Å². The van der Waals surface area contributed by atoms with Crippen LogP contribution in [0.15, 0.2) is 12.3 Å². The minimum atomic E-state index is -0.994. The number of nitrogens with one attached hydrogen (secondary N) is 1. The molecular formula is C11H15N5O2S2. The number of thiazole rings is 1. The molecule has 0 aliphatic heterocycles. The highest BCUT2D eigenvalue weighted by molar-refractivity contribution is 7.83. The molecular weight excluding hydrogens is 298 g/mol. The van der Waals surface area contributed by atoms with Gasteiger partial charge >= 0.3 is 0 Å². The second-order valence-corrected chi connectivity index (χ2v) is 6.50. The molecule has 7 nitrogen and oxygen atoms in total. The monoisotopic (exact) mass is 313 g/mol. The average Bonchev–Trinajstić information content (AvgIpc) is 2.82. The van der Waals surface area contributed by atoms with Crippen LogP contribution in [0, 0.1) is 0 Å². The Morgan fingerprint density at radius 3 is 2.90 bits per heavy atom. The van der Waals surface area contributed by atoms with Crippen molar-refractivity contribution in [3.63, 3.8) is 0 Å².